The molecule has 0 spiro atoms. The molecule has 0 bridgehead atoms. The zero-order valence-corrected chi connectivity index (χ0v) is 9.66. The number of aromatic nitrogens is 1. The van der Waals surface area contributed by atoms with Gasteiger partial charge >= 0.3 is 0 Å². The van der Waals surface area contributed by atoms with Crippen molar-refractivity contribution >= 4 is 16.7 Å². The lowest BCUT2D eigenvalue weighted by Crippen LogP contribution is -1.97. The molecule has 0 fully saturated rings. The first-order chi connectivity index (χ1) is 7.74. The lowest BCUT2D eigenvalue weighted by molar-refractivity contribution is 0.101. The largest absolute Gasteiger partial charge is 0.294 e. The summed E-state index contributed by atoms with van der Waals surface area (Å²) >= 11 is 0. The van der Waals surface area contributed by atoms with Crippen LogP contribution in [0.15, 0.2) is 30.5 Å². The highest BCUT2D eigenvalue weighted by Crippen LogP contribution is 2.21. The molecule has 0 saturated heterocycles. The number of aryl methyl sites for hydroxylation is 1. The van der Waals surface area contributed by atoms with Crippen LogP contribution in [-0.2, 0) is 6.42 Å². The van der Waals surface area contributed by atoms with Gasteiger partial charge in [0.15, 0.2) is 5.78 Å². The fourth-order valence-corrected chi connectivity index (χ4v) is 2.02. The molecule has 0 aliphatic carbocycles. The van der Waals surface area contributed by atoms with Gasteiger partial charge in [0, 0.05) is 17.1 Å². The van der Waals surface area contributed by atoms with Crippen LogP contribution in [0.4, 0.5) is 0 Å². The molecule has 2 aromatic rings. The number of Topliss-reactive ketones (excluding diaryl/α,β-unsaturated/α-hetero) is 1. The molecule has 2 nitrogen and oxygen atoms in total. The van der Waals surface area contributed by atoms with Gasteiger partial charge in [0.25, 0.3) is 0 Å². The van der Waals surface area contributed by atoms with E-state index in [1.54, 1.807) is 19.2 Å². The maximum absolute atomic E-state index is 11.5. The Morgan fingerprint density at radius 3 is 2.81 bits per heavy atom. The quantitative estimate of drug-likeness (QED) is 0.731. The lowest BCUT2D eigenvalue weighted by Gasteiger charge is -2.06. The van der Waals surface area contributed by atoms with Crippen molar-refractivity contribution in [1.82, 2.24) is 4.98 Å². The van der Waals surface area contributed by atoms with Gasteiger partial charge in [-0.2, -0.15) is 0 Å². The van der Waals surface area contributed by atoms with Crippen molar-refractivity contribution in [2.24, 2.45) is 0 Å². The number of carbonyl (C=O) groups is 1. The van der Waals surface area contributed by atoms with Crippen LogP contribution in [0.5, 0.6) is 0 Å². The lowest BCUT2D eigenvalue weighted by atomic mass is 10.0. The smallest absolute Gasteiger partial charge is 0.160 e. The van der Waals surface area contributed by atoms with Gasteiger partial charge in [-0.1, -0.05) is 31.5 Å². The second-order valence-electron chi connectivity index (χ2n) is 3.98. The van der Waals surface area contributed by atoms with Crippen LogP contribution in [0.3, 0.4) is 0 Å². The molecule has 0 radical (unpaired) electrons. The minimum absolute atomic E-state index is 0.0982. The normalized spacial score (nSPS) is 10.6. The summed E-state index contributed by atoms with van der Waals surface area (Å²) in [4.78, 5) is 15.9. The van der Waals surface area contributed by atoms with E-state index < -0.39 is 0 Å². The number of ketones is 1. The molecule has 1 heterocycles. The van der Waals surface area contributed by atoms with Gasteiger partial charge in [-0.25, -0.2) is 0 Å². The van der Waals surface area contributed by atoms with E-state index >= 15 is 0 Å². The third-order valence-electron chi connectivity index (χ3n) is 2.75. The number of pyridine rings is 1. The van der Waals surface area contributed by atoms with Crippen molar-refractivity contribution in [2.45, 2.75) is 26.7 Å². The second kappa shape index (κ2) is 4.44. The summed E-state index contributed by atoms with van der Waals surface area (Å²) in [5.74, 6) is 0.0982. The Hall–Kier alpha value is -1.70. The molecule has 82 valence electrons. The van der Waals surface area contributed by atoms with Crippen LogP contribution in [0, 0.1) is 0 Å². The minimum atomic E-state index is 0.0982. The molecule has 0 unspecified atom stereocenters. The summed E-state index contributed by atoms with van der Waals surface area (Å²) in [5, 5.41) is 0.973. The zero-order chi connectivity index (χ0) is 11.5. The van der Waals surface area contributed by atoms with Gasteiger partial charge in [-0.15, -0.1) is 0 Å². The first kappa shape index (κ1) is 10.8. The van der Waals surface area contributed by atoms with Gasteiger partial charge in [-0.3, -0.25) is 9.78 Å². The number of hydrogen-bond donors (Lipinski definition) is 0. The molecule has 16 heavy (non-hydrogen) atoms. The molecule has 2 rings (SSSR count). The molecule has 0 N–H and O–H groups in total. The summed E-state index contributed by atoms with van der Waals surface area (Å²) in [6.07, 6.45) is 3.81. The van der Waals surface area contributed by atoms with Gasteiger partial charge in [0.2, 0.25) is 0 Å². The monoisotopic (exact) mass is 213 g/mol. The van der Waals surface area contributed by atoms with Gasteiger partial charge < -0.3 is 0 Å². The number of benzene rings is 1. The fraction of sp³-hybridized carbons (Fsp3) is 0.286. The van der Waals surface area contributed by atoms with Crippen molar-refractivity contribution < 1.29 is 4.79 Å². The summed E-state index contributed by atoms with van der Waals surface area (Å²) in [7, 11) is 0. The Labute approximate surface area is 95.3 Å². The summed E-state index contributed by atoms with van der Waals surface area (Å²) in [5.41, 5.74) is 2.96. The maximum Gasteiger partial charge on any atom is 0.160 e. The van der Waals surface area contributed by atoms with E-state index in [0.29, 0.717) is 0 Å². The summed E-state index contributed by atoms with van der Waals surface area (Å²) < 4.78 is 0. The molecule has 0 aliphatic heterocycles. The van der Waals surface area contributed by atoms with E-state index in [-0.39, 0.29) is 5.78 Å². The predicted molar refractivity (Wildman–Crippen MR) is 65.7 cm³/mol. The highest BCUT2D eigenvalue weighted by Gasteiger charge is 2.08. The molecule has 0 aliphatic rings. The number of para-hydroxylation sites is 1. The fourth-order valence-electron chi connectivity index (χ4n) is 2.02. The molecule has 0 amide bonds. The molecular weight excluding hydrogens is 198 g/mol. The molecular formula is C14H15NO. The van der Waals surface area contributed by atoms with Crippen LogP contribution < -0.4 is 0 Å². The molecule has 1 aromatic heterocycles. The Balaban J connectivity index is 2.71. The topological polar surface area (TPSA) is 30.0 Å². The van der Waals surface area contributed by atoms with Crippen LogP contribution >= 0.6 is 0 Å². The highest BCUT2D eigenvalue weighted by atomic mass is 16.1. The van der Waals surface area contributed by atoms with Crippen molar-refractivity contribution in [2.75, 3.05) is 0 Å². The third kappa shape index (κ3) is 1.83. The molecule has 0 atom stereocenters. The van der Waals surface area contributed by atoms with Gasteiger partial charge in [-0.05, 0) is 25.0 Å². The van der Waals surface area contributed by atoms with E-state index in [4.69, 9.17) is 0 Å². The number of fused-ring (bicyclic) bond motifs is 1. The Morgan fingerprint density at radius 2 is 2.12 bits per heavy atom. The zero-order valence-electron chi connectivity index (χ0n) is 9.66. The van der Waals surface area contributed by atoms with Crippen molar-refractivity contribution in [3.63, 3.8) is 0 Å². The molecule has 2 heteroatoms. The van der Waals surface area contributed by atoms with Gasteiger partial charge in [0.1, 0.15) is 0 Å². The third-order valence-corrected chi connectivity index (χ3v) is 2.75. The number of hydrogen-bond acceptors (Lipinski definition) is 2. The second-order valence-corrected chi connectivity index (χ2v) is 3.98. The summed E-state index contributed by atoms with van der Waals surface area (Å²) in [6, 6.07) is 7.85. The number of nitrogens with zero attached hydrogens (tertiary/aromatic N) is 1. The molecule has 1 aromatic carbocycles. The van der Waals surface area contributed by atoms with Gasteiger partial charge in [0.05, 0.1) is 5.52 Å². The van der Waals surface area contributed by atoms with E-state index in [1.807, 2.05) is 12.1 Å². The maximum atomic E-state index is 11.5. The predicted octanol–water partition coefficient (Wildman–Crippen LogP) is 3.39. The Morgan fingerprint density at radius 1 is 1.31 bits per heavy atom. The average molecular weight is 213 g/mol. The minimum Gasteiger partial charge on any atom is -0.294 e. The van der Waals surface area contributed by atoms with Crippen molar-refractivity contribution in [1.29, 1.82) is 0 Å². The highest BCUT2D eigenvalue weighted by molar-refractivity contribution is 6.06. The Bertz CT molecular complexity index is 531. The van der Waals surface area contributed by atoms with E-state index in [2.05, 4.69) is 18.0 Å². The van der Waals surface area contributed by atoms with Crippen LogP contribution in [0.25, 0.3) is 10.9 Å². The van der Waals surface area contributed by atoms with Crippen molar-refractivity contribution in [3.8, 4) is 0 Å². The number of carbonyl (C=O) groups excluding carboxylic acids is 1. The Kier molecular flexibility index (Phi) is 3.00. The van der Waals surface area contributed by atoms with E-state index in [1.165, 1.54) is 5.56 Å². The van der Waals surface area contributed by atoms with E-state index in [0.717, 1.165) is 29.3 Å². The molecule has 0 saturated carbocycles. The van der Waals surface area contributed by atoms with Crippen LogP contribution in [0.1, 0.15) is 36.2 Å². The first-order valence-electron chi connectivity index (χ1n) is 5.61. The van der Waals surface area contributed by atoms with Crippen LogP contribution in [0.2, 0.25) is 0 Å². The standard InChI is InChI=1S/C14H15NO/c1-3-5-11-6-4-7-13-12(10(2)16)8-9-15-14(11)13/h4,6-9H,3,5H2,1-2H3. The average Bonchev–Trinajstić information content (AvgIpc) is 2.29. The van der Waals surface area contributed by atoms with Crippen molar-refractivity contribution in [3.05, 3.63) is 41.6 Å². The van der Waals surface area contributed by atoms with E-state index in [9.17, 15) is 4.79 Å². The first-order valence-corrected chi connectivity index (χ1v) is 5.61. The SMILES string of the molecule is CCCc1cccc2c(C(C)=O)ccnc12. The summed E-state index contributed by atoms with van der Waals surface area (Å²) in [6.45, 7) is 3.74. The van der Waals surface area contributed by atoms with Crippen LogP contribution in [-0.4, -0.2) is 10.8 Å². The number of rotatable bonds is 3.